The molecule has 1 atom stereocenters. The van der Waals surface area contributed by atoms with Crippen molar-refractivity contribution in [1.82, 2.24) is 20.3 Å². The highest BCUT2D eigenvalue weighted by atomic mass is 19.1. The van der Waals surface area contributed by atoms with E-state index in [1.54, 1.807) is 24.5 Å². The van der Waals surface area contributed by atoms with Crippen molar-refractivity contribution in [2.75, 3.05) is 6.61 Å². The summed E-state index contributed by atoms with van der Waals surface area (Å²) in [5, 5.41) is 2.83. The van der Waals surface area contributed by atoms with Gasteiger partial charge in [0.15, 0.2) is 5.82 Å². The second kappa shape index (κ2) is 9.48. The molecule has 1 aromatic carbocycles. The van der Waals surface area contributed by atoms with Crippen LogP contribution in [0.3, 0.4) is 0 Å². The van der Waals surface area contributed by atoms with Gasteiger partial charge in [0, 0.05) is 36.2 Å². The molecule has 0 bridgehead atoms. The topological polar surface area (TPSA) is 77.0 Å². The maximum Gasteiger partial charge on any atom is 0.270 e. The molecule has 166 valence electrons. The molecule has 6 nitrogen and oxygen atoms in total. The highest BCUT2D eigenvalue weighted by Crippen LogP contribution is 2.37. The molecule has 1 saturated heterocycles. The minimum atomic E-state index is -0.801. The molecule has 3 aromatic rings. The highest BCUT2D eigenvalue weighted by molar-refractivity contribution is 6.00. The number of benzene rings is 1. The van der Waals surface area contributed by atoms with Gasteiger partial charge < -0.3 is 10.1 Å². The van der Waals surface area contributed by atoms with E-state index >= 15 is 0 Å². The van der Waals surface area contributed by atoms with Crippen molar-refractivity contribution in [3.05, 3.63) is 65.7 Å². The summed E-state index contributed by atoms with van der Waals surface area (Å²) in [5.74, 6) is -2.25. The van der Waals surface area contributed by atoms with Gasteiger partial charge in [0.2, 0.25) is 0 Å². The van der Waals surface area contributed by atoms with Gasteiger partial charge in [-0.25, -0.2) is 18.7 Å². The number of halogens is 2. The summed E-state index contributed by atoms with van der Waals surface area (Å²) in [6.07, 6.45) is 5.31. The summed E-state index contributed by atoms with van der Waals surface area (Å²) in [4.78, 5) is 26.3. The molecular formula is C24H24F2N4O2. The smallest absolute Gasteiger partial charge is 0.270 e. The molecule has 2 aromatic heterocycles. The average molecular weight is 438 g/mol. The van der Waals surface area contributed by atoms with Gasteiger partial charge in [0.25, 0.3) is 5.91 Å². The van der Waals surface area contributed by atoms with E-state index in [0.29, 0.717) is 29.8 Å². The van der Waals surface area contributed by atoms with Crippen molar-refractivity contribution in [2.24, 2.45) is 0 Å². The number of hydrogen-bond acceptors (Lipinski definition) is 5. The third-order valence-corrected chi connectivity index (χ3v) is 5.19. The number of nitrogens with one attached hydrogen (secondary N) is 1. The maximum absolute atomic E-state index is 14.6. The largest absolute Gasteiger partial charge is 0.372 e. The minimum Gasteiger partial charge on any atom is -0.372 e. The molecular weight excluding hydrogens is 414 g/mol. The Morgan fingerprint density at radius 3 is 2.50 bits per heavy atom. The molecule has 1 amide bonds. The van der Waals surface area contributed by atoms with Crippen LogP contribution in [0.25, 0.3) is 22.5 Å². The molecule has 0 saturated carbocycles. The molecule has 1 aliphatic rings. The number of amides is 1. The average Bonchev–Trinajstić information content (AvgIpc) is 2.79. The molecule has 1 aliphatic heterocycles. The summed E-state index contributed by atoms with van der Waals surface area (Å²) in [6, 6.07) is 6.93. The lowest BCUT2D eigenvalue weighted by Gasteiger charge is -2.26. The molecule has 8 heteroatoms. The van der Waals surface area contributed by atoms with Gasteiger partial charge in [-0.2, -0.15) is 0 Å². The van der Waals surface area contributed by atoms with Gasteiger partial charge in [-0.3, -0.25) is 9.78 Å². The van der Waals surface area contributed by atoms with E-state index < -0.39 is 23.6 Å². The normalized spacial score (nSPS) is 16.2. The Bertz CT molecular complexity index is 1100. The molecule has 1 fully saturated rings. The molecule has 1 unspecified atom stereocenters. The predicted molar refractivity (Wildman–Crippen MR) is 116 cm³/mol. The Morgan fingerprint density at radius 2 is 1.88 bits per heavy atom. The lowest BCUT2D eigenvalue weighted by atomic mass is 9.95. The second-order valence-electron chi connectivity index (χ2n) is 7.98. The maximum atomic E-state index is 14.6. The number of aromatic nitrogens is 3. The molecule has 1 N–H and O–H groups in total. The first kappa shape index (κ1) is 22.0. The number of pyridine rings is 1. The van der Waals surface area contributed by atoms with Crippen LogP contribution in [0.1, 0.15) is 55.4 Å². The first-order valence-electron chi connectivity index (χ1n) is 10.6. The first-order valence-corrected chi connectivity index (χ1v) is 10.6. The Kier molecular flexibility index (Phi) is 6.50. The van der Waals surface area contributed by atoms with Crippen molar-refractivity contribution in [3.63, 3.8) is 0 Å². The number of nitrogens with zero attached hydrogens (tertiary/aromatic N) is 3. The molecule has 32 heavy (non-hydrogen) atoms. The summed E-state index contributed by atoms with van der Waals surface area (Å²) in [7, 11) is 0. The van der Waals surface area contributed by atoms with E-state index in [1.807, 2.05) is 13.8 Å². The SMILES string of the molecule is CC(C)NC(=O)c1nc(-c2c(F)cccc2F)nc(C2CCCCO2)c1-c1cccnc1. The van der Waals surface area contributed by atoms with E-state index in [9.17, 15) is 13.6 Å². The lowest BCUT2D eigenvalue weighted by molar-refractivity contribution is 0.0126. The summed E-state index contributed by atoms with van der Waals surface area (Å²) in [5.41, 5.74) is 1.18. The zero-order valence-electron chi connectivity index (χ0n) is 17.9. The van der Waals surface area contributed by atoms with Crippen molar-refractivity contribution in [3.8, 4) is 22.5 Å². The van der Waals surface area contributed by atoms with Gasteiger partial charge in [-0.1, -0.05) is 12.1 Å². The lowest BCUT2D eigenvalue weighted by Crippen LogP contribution is -2.32. The van der Waals surface area contributed by atoms with Gasteiger partial charge in [-0.05, 0) is 51.3 Å². The predicted octanol–water partition coefficient (Wildman–Crippen LogP) is 4.86. The minimum absolute atomic E-state index is 0.0310. The molecule has 3 heterocycles. The van der Waals surface area contributed by atoms with Gasteiger partial charge in [0.1, 0.15) is 23.4 Å². The summed E-state index contributed by atoms with van der Waals surface area (Å²) in [6.45, 7) is 4.19. The molecule has 0 aliphatic carbocycles. The van der Waals surface area contributed by atoms with E-state index in [-0.39, 0.29) is 23.1 Å². The van der Waals surface area contributed by atoms with Crippen molar-refractivity contribution >= 4 is 5.91 Å². The Hall–Kier alpha value is -3.26. The van der Waals surface area contributed by atoms with E-state index in [0.717, 1.165) is 25.0 Å². The number of ether oxygens (including phenoxy) is 1. The van der Waals surface area contributed by atoms with Gasteiger partial charge in [0.05, 0.1) is 11.3 Å². The van der Waals surface area contributed by atoms with Crippen LogP contribution in [0.2, 0.25) is 0 Å². The number of rotatable bonds is 5. The van der Waals surface area contributed by atoms with E-state index in [2.05, 4.69) is 20.3 Å². The standard InChI is InChI=1S/C24H24F2N4O2/c1-14(2)28-24(31)22-19(15-7-6-11-27-13-15)21(18-10-3-4-12-32-18)29-23(30-22)20-16(25)8-5-9-17(20)26/h5-9,11,13-14,18H,3-4,10,12H2,1-2H3,(H,28,31). The van der Waals surface area contributed by atoms with Crippen LogP contribution >= 0.6 is 0 Å². The fourth-order valence-corrected chi connectivity index (χ4v) is 3.78. The Morgan fingerprint density at radius 1 is 1.09 bits per heavy atom. The molecule has 0 radical (unpaired) electrons. The number of carbonyl (C=O) groups is 1. The van der Waals surface area contributed by atoms with Crippen LogP contribution in [0.15, 0.2) is 42.7 Å². The van der Waals surface area contributed by atoms with Crippen LogP contribution in [-0.2, 0) is 4.74 Å². The Balaban J connectivity index is 2.01. The van der Waals surface area contributed by atoms with Crippen LogP contribution < -0.4 is 5.32 Å². The Labute approximate surface area is 185 Å². The third-order valence-electron chi connectivity index (χ3n) is 5.19. The third kappa shape index (κ3) is 4.50. The van der Waals surface area contributed by atoms with E-state index in [1.165, 1.54) is 6.07 Å². The van der Waals surface area contributed by atoms with Crippen molar-refractivity contribution in [2.45, 2.75) is 45.3 Å². The molecule has 0 spiro atoms. The number of carbonyl (C=O) groups excluding carboxylic acids is 1. The van der Waals surface area contributed by atoms with Crippen molar-refractivity contribution in [1.29, 1.82) is 0 Å². The van der Waals surface area contributed by atoms with Crippen molar-refractivity contribution < 1.29 is 18.3 Å². The van der Waals surface area contributed by atoms with Gasteiger partial charge in [-0.15, -0.1) is 0 Å². The quantitative estimate of drug-likeness (QED) is 0.615. The fourth-order valence-electron chi connectivity index (χ4n) is 3.78. The zero-order chi connectivity index (χ0) is 22.7. The summed E-state index contributed by atoms with van der Waals surface area (Å²) < 4.78 is 35.2. The highest BCUT2D eigenvalue weighted by Gasteiger charge is 2.30. The van der Waals surface area contributed by atoms with E-state index in [4.69, 9.17) is 4.74 Å². The summed E-state index contributed by atoms with van der Waals surface area (Å²) >= 11 is 0. The van der Waals surface area contributed by atoms with Crippen LogP contribution in [0.4, 0.5) is 8.78 Å². The van der Waals surface area contributed by atoms with Crippen LogP contribution in [0, 0.1) is 11.6 Å². The van der Waals surface area contributed by atoms with Crippen LogP contribution in [-0.4, -0.2) is 33.5 Å². The zero-order valence-corrected chi connectivity index (χ0v) is 17.9. The fraction of sp³-hybridized carbons (Fsp3) is 0.333. The van der Waals surface area contributed by atoms with Gasteiger partial charge >= 0.3 is 0 Å². The van der Waals surface area contributed by atoms with Crippen LogP contribution in [0.5, 0.6) is 0 Å². The second-order valence-corrected chi connectivity index (χ2v) is 7.98. The number of hydrogen-bond donors (Lipinski definition) is 1. The molecule has 4 rings (SSSR count). The monoisotopic (exact) mass is 438 g/mol. The first-order chi connectivity index (χ1) is 15.5.